The highest BCUT2D eigenvalue weighted by Gasteiger charge is 2.39. The van der Waals surface area contributed by atoms with Gasteiger partial charge in [0.2, 0.25) is 17.7 Å². The van der Waals surface area contributed by atoms with Crippen LogP contribution in [0.3, 0.4) is 0 Å². The van der Waals surface area contributed by atoms with E-state index in [1.54, 1.807) is 4.90 Å². The smallest absolute Gasteiger partial charge is 0.243 e. The summed E-state index contributed by atoms with van der Waals surface area (Å²) >= 11 is 0. The van der Waals surface area contributed by atoms with Crippen LogP contribution in [0.1, 0.15) is 66.4 Å². The number of amides is 3. The molecule has 3 N–H and O–H groups in total. The van der Waals surface area contributed by atoms with Gasteiger partial charge in [-0.3, -0.25) is 14.4 Å². The molecule has 1 saturated heterocycles. The van der Waals surface area contributed by atoms with Crippen molar-refractivity contribution in [3.63, 3.8) is 0 Å². The summed E-state index contributed by atoms with van der Waals surface area (Å²) in [6.07, 6.45) is 2.60. The Morgan fingerprint density at radius 3 is 2.27 bits per heavy atom. The number of hydrogen-bond donors (Lipinski definition) is 3. The van der Waals surface area contributed by atoms with Gasteiger partial charge in [0.1, 0.15) is 12.1 Å². The molecule has 0 radical (unpaired) electrons. The Morgan fingerprint density at radius 2 is 1.61 bits per heavy atom. The lowest BCUT2D eigenvalue weighted by Crippen LogP contribution is -2.55. The van der Waals surface area contributed by atoms with E-state index in [2.05, 4.69) is 81.8 Å². The molecule has 8 heteroatoms. The summed E-state index contributed by atoms with van der Waals surface area (Å²) in [7, 11) is 0. The van der Waals surface area contributed by atoms with Crippen LogP contribution >= 0.6 is 12.4 Å². The molecular weight excluding hydrogens is 536 g/mol. The van der Waals surface area contributed by atoms with Gasteiger partial charge in [-0.05, 0) is 66.4 Å². The van der Waals surface area contributed by atoms with Crippen molar-refractivity contribution < 1.29 is 14.4 Å². The van der Waals surface area contributed by atoms with Crippen LogP contribution in [-0.2, 0) is 20.8 Å². The van der Waals surface area contributed by atoms with Gasteiger partial charge in [0.25, 0.3) is 0 Å². The first-order valence-corrected chi connectivity index (χ1v) is 15.2. The minimum Gasteiger partial charge on any atom is -0.354 e. The summed E-state index contributed by atoms with van der Waals surface area (Å²) in [6.45, 7) is 15.5. The highest BCUT2D eigenvalue weighted by atomic mass is 35.5. The zero-order valence-electron chi connectivity index (χ0n) is 25.7. The largest absolute Gasteiger partial charge is 0.354 e. The van der Waals surface area contributed by atoms with Crippen molar-refractivity contribution >= 4 is 40.9 Å². The molecule has 1 aliphatic heterocycles. The number of nitrogens with one attached hydrogen (secondary N) is 3. The fourth-order valence-electron chi connectivity index (χ4n) is 5.85. The number of benzene rings is 2. The van der Waals surface area contributed by atoms with Crippen LogP contribution in [0, 0.1) is 23.7 Å². The summed E-state index contributed by atoms with van der Waals surface area (Å²) < 4.78 is 0. The summed E-state index contributed by atoms with van der Waals surface area (Å²) in [5, 5.41) is 11.7. The normalized spacial score (nSPS) is 16.0. The molecule has 228 valence electrons. The van der Waals surface area contributed by atoms with Gasteiger partial charge in [-0.1, -0.05) is 84.0 Å². The van der Waals surface area contributed by atoms with Crippen molar-refractivity contribution in [3.8, 4) is 0 Å². The first-order chi connectivity index (χ1) is 19.1. The molecular formula is C33H51ClN4O3. The third-order valence-electron chi connectivity index (χ3n) is 7.83. The molecule has 2 aromatic rings. The Bertz CT molecular complexity index is 1130. The number of rotatable bonds is 14. The van der Waals surface area contributed by atoms with Gasteiger partial charge in [0, 0.05) is 25.4 Å². The van der Waals surface area contributed by atoms with Crippen molar-refractivity contribution in [2.24, 2.45) is 23.7 Å². The van der Waals surface area contributed by atoms with Crippen LogP contribution in [0.2, 0.25) is 0 Å². The van der Waals surface area contributed by atoms with Crippen LogP contribution in [0.4, 0.5) is 0 Å². The van der Waals surface area contributed by atoms with Gasteiger partial charge in [-0.15, -0.1) is 12.4 Å². The fourth-order valence-corrected chi connectivity index (χ4v) is 5.85. The van der Waals surface area contributed by atoms with Crippen molar-refractivity contribution in [1.29, 1.82) is 0 Å². The van der Waals surface area contributed by atoms with E-state index in [9.17, 15) is 14.4 Å². The number of likely N-dealkylation sites (tertiary alicyclic amines) is 1. The molecule has 1 aliphatic rings. The second-order valence-corrected chi connectivity index (χ2v) is 12.4. The predicted molar refractivity (Wildman–Crippen MR) is 170 cm³/mol. The van der Waals surface area contributed by atoms with Crippen molar-refractivity contribution in [2.75, 3.05) is 26.2 Å². The van der Waals surface area contributed by atoms with E-state index < -0.39 is 12.1 Å². The Kier molecular flexibility index (Phi) is 14.1. The van der Waals surface area contributed by atoms with Crippen LogP contribution in [0.15, 0.2) is 42.5 Å². The van der Waals surface area contributed by atoms with E-state index in [1.807, 2.05) is 18.2 Å². The third kappa shape index (κ3) is 10.00. The third-order valence-corrected chi connectivity index (χ3v) is 7.83. The van der Waals surface area contributed by atoms with Gasteiger partial charge in [-0.25, -0.2) is 0 Å². The Morgan fingerprint density at radius 1 is 0.927 bits per heavy atom. The van der Waals surface area contributed by atoms with Crippen LogP contribution in [0.25, 0.3) is 10.8 Å². The highest BCUT2D eigenvalue weighted by Crippen LogP contribution is 2.28. The number of halogens is 1. The van der Waals surface area contributed by atoms with Gasteiger partial charge in [0.15, 0.2) is 0 Å². The maximum atomic E-state index is 13.6. The van der Waals surface area contributed by atoms with E-state index in [0.29, 0.717) is 31.8 Å². The molecule has 0 saturated carbocycles. The average molecular weight is 587 g/mol. The summed E-state index contributed by atoms with van der Waals surface area (Å²) in [5.74, 6) is 0.452. The van der Waals surface area contributed by atoms with Crippen molar-refractivity contribution in [1.82, 2.24) is 20.9 Å². The first kappa shape index (κ1) is 34.6. The monoisotopic (exact) mass is 586 g/mol. The molecule has 41 heavy (non-hydrogen) atoms. The van der Waals surface area contributed by atoms with E-state index in [0.717, 1.165) is 42.3 Å². The van der Waals surface area contributed by atoms with Crippen molar-refractivity contribution in [3.05, 3.63) is 48.0 Å². The summed E-state index contributed by atoms with van der Waals surface area (Å²) in [4.78, 5) is 42.3. The lowest BCUT2D eigenvalue weighted by molar-refractivity contribution is -0.144. The second-order valence-electron chi connectivity index (χ2n) is 12.4. The Hall–Kier alpha value is -2.64. The van der Waals surface area contributed by atoms with Crippen LogP contribution in [-0.4, -0.2) is 60.9 Å². The van der Waals surface area contributed by atoms with E-state index in [1.165, 1.54) is 0 Å². The van der Waals surface area contributed by atoms with Crippen LogP contribution in [0.5, 0.6) is 0 Å². The first-order valence-electron chi connectivity index (χ1n) is 15.2. The Balaban J connectivity index is 0.00000588. The van der Waals surface area contributed by atoms with Crippen molar-refractivity contribution in [2.45, 2.75) is 79.3 Å². The molecule has 0 spiro atoms. The Labute approximate surface area is 253 Å². The number of carbonyl (C=O) groups is 3. The molecule has 2 aromatic carbocycles. The average Bonchev–Trinajstić information content (AvgIpc) is 3.40. The predicted octanol–water partition coefficient (Wildman–Crippen LogP) is 4.96. The minimum absolute atomic E-state index is 0. The number of nitrogens with zero attached hydrogens (tertiary/aromatic N) is 1. The zero-order chi connectivity index (χ0) is 29.2. The lowest BCUT2D eigenvalue weighted by Gasteiger charge is -2.32. The summed E-state index contributed by atoms with van der Waals surface area (Å²) in [5.41, 5.74) is 0.983. The van der Waals surface area contributed by atoms with Gasteiger partial charge >= 0.3 is 0 Å². The topological polar surface area (TPSA) is 90.5 Å². The molecule has 1 unspecified atom stereocenters. The maximum Gasteiger partial charge on any atom is 0.243 e. The second kappa shape index (κ2) is 16.7. The van der Waals surface area contributed by atoms with Gasteiger partial charge in [-0.2, -0.15) is 0 Å². The van der Waals surface area contributed by atoms with Crippen LogP contribution < -0.4 is 16.0 Å². The standard InChI is InChI=1S/C33H50N4O3.ClH/c1-22(2)21-34-16-10-17-35-31(38)28(20-25-14-15-26-11-7-8-12-27(26)19-25)36-32(39)29-13-9-18-37(29)33(40)30(23(3)4)24(5)6;/h7-8,11-12,14-15,19,22-24,28-30,34H,9-10,13,16-18,20-21H2,1-6H3,(H,35,38)(H,36,39);1H/t28-,29?;/m1./s1. The number of hydrogen-bond acceptors (Lipinski definition) is 4. The molecule has 1 fully saturated rings. The molecule has 3 rings (SSSR count). The molecule has 0 aliphatic carbocycles. The van der Waals surface area contributed by atoms with E-state index in [-0.39, 0.29) is 47.9 Å². The SMILES string of the molecule is CC(C)CNCCCNC(=O)[C@@H](Cc1ccc2ccccc2c1)NC(=O)C1CCCN1C(=O)C(C(C)C)C(C)C.Cl. The zero-order valence-corrected chi connectivity index (χ0v) is 26.6. The maximum absolute atomic E-state index is 13.6. The quantitative estimate of drug-likeness (QED) is 0.273. The number of fused-ring (bicyclic) bond motifs is 1. The molecule has 1 heterocycles. The minimum atomic E-state index is -0.721. The van der Waals surface area contributed by atoms with Gasteiger partial charge < -0.3 is 20.9 Å². The highest BCUT2D eigenvalue weighted by molar-refractivity contribution is 5.93. The summed E-state index contributed by atoms with van der Waals surface area (Å²) in [6, 6.07) is 13.0. The molecule has 7 nitrogen and oxygen atoms in total. The number of carbonyl (C=O) groups excluding carboxylic acids is 3. The van der Waals surface area contributed by atoms with E-state index in [4.69, 9.17) is 0 Å². The lowest BCUT2D eigenvalue weighted by atomic mass is 9.84. The fraction of sp³-hybridized carbons (Fsp3) is 0.606. The molecule has 3 amide bonds. The molecule has 0 bridgehead atoms. The van der Waals surface area contributed by atoms with Gasteiger partial charge in [0.05, 0.1) is 0 Å². The van der Waals surface area contributed by atoms with E-state index >= 15 is 0 Å². The molecule has 2 atom stereocenters. The molecule has 0 aromatic heterocycles.